The monoisotopic (exact) mass is 340 g/mol. The normalized spacial score (nSPS) is 19.6. The molecule has 0 spiro atoms. The molecule has 5 heteroatoms. The average Bonchev–Trinajstić information content (AvgIpc) is 3.13. The van der Waals surface area contributed by atoms with Gasteiger partial charge in [0.25, 0.3) is 0 Å². The molecule has 130 valence electrons. The van der Waals surface area contributed by atoms with E-state index in [-0.39, 0.29) is 12.7 Å². The van der Waals surface area contributed by atoms with Crippen molar-refractivity contribution in [2.24, 2.45) is 0 Å². The average molecular weight is 340 g/mol. The van der Waals surface area contributed by atoms with Crippen LogP contribution in [0.5, 0.6) is 11.5 Å². The van der Waals surface area contributed by atoms with Crippen molar-refractivity contribution < 1.29 is 23.7 Å². The van der Waals surface area contributed by atoms with Gasteiger partial charge in [0.1, 0.15) is 18.1 Å². The smallest absolute Gasteiger partial charge is 0.389 e. The molecule has 0 radical (unpaired) electrons. The maximum atomic E-state index is 12.5. The van der Waals surface area contributed by atoms with Crippen LogP contribution in [0.4, 0.5) is 0 Å². The third-order valence-electron chi connectivity index (χ3n) is 4.42. The molecule has 2 aromatic rings. The van der Waals surface area contributed by atoms with Crippen LogP contribution in [0.25, 0.3) is 0 Å². The van der Waals surface area contributed by atoms with Gasteiger partial charge in [-0.3, -0.25) is 0 Å². The molecule has 0 N–H and O–H groups in total. The van der Waals surface area contributed by atoms with E-state index in [0.29, 0.717) is 17.9 Å². The molecule has 25 heavy (non-hydrogen) atoms. The fourth-order valence-electron chi connectivity index (χ4n) is 3.10. The maximum absolute atomic E-state index is 12.5. The summed E-state index contributed by atoms with van der Waals surface area (Å²) in [5.41, 5.74) is 2.02. The lowest BCUT2D eigenvalue weighted by atomic mass is 10.0. The Hall–Kier alpha value is -2.53. The summed E-state index contributed by atoms with van der Waals surface area (Å²) in [6, 6.07) is 15.3. The molecule has 2 aliphatic heterocycles. The minimum atomic E-state index is -1.14. The zero-order chi connectivity index (χ0) is 17.1. The van der Waals surface area contributed by atoms with Crippen molar-refractivity contribution in [1.29, 1.82) is 0 Å². The van der Waals surface area contributed by atoms with Crippen LogP contribution in [-0.2, 0) is 20.7 Å². The lowest BCUT2D eigenvalue weighted by Crippen LogP contribution is -2.37. The first kappa shape index (κ1) is 16.0. The molecule has 4 rings (SSSR count). The number of carbonyl (C=O) groups excluding carboxylic acids is 1. The summed E-state index contributed by atoms with van der Waals surface area (Å²) in [6.07, 6.45) is 1.43. The van der Waals surface area contributed by atoms with Crippen molar-refractivity contribution in [2.75, 3.05) is 13.2 Å². The van der Waals surface area contributed by atoms with Gasteiger partial charge in [0.05, 0.1) is 6.10 Å². The Morgan fingerprint density at radius 2 is 1.64 bits per heavy atom. The molecule has 1 atom stereocenters. The van der Waals surface area contributed by atoms with Gasteiger partial charge in [-0.05, 0) is 36.1 Å². The number of fused-ring (bicyclic) bond motifs is 2. The summed E-state index contributed by atoms with van der Waals surface area (Å²) in [7, 11) is 0. The predicted octanol–water partition coefficient (Wildman–Crippen LogP) is 3.10. The van der Waals surface area contributed by atoms with Crippen molar-refractivity contribution in [3.63, 3.8) is 0 Å². The van der Waals surface area contributed by atoms with Gasteiger partial charge in [-0.2, -0.15) is 0 Å². The number of para-hydroxylation sites is 2. The van der Waals surface area contributed by atoms with E-state index < -0.39 is 12.3 Å². The van der Waals surface area contributed by atoms with E-state index in [1.54, 1.807) is 0 Å². The van der Waals surface area contributed by atoms with Crippen molar-refractivity contribution in [2.45, 2.75) is 31.7 Å². The maximum Gasteiger partial charge on any atom is 0.389 e. The van der Waals surface area contributed by atoms with Gasteiger partial charge in [-0.25, -0.2) is 4.79 Å². The van der Waals surface area contributed by atoms with Crippen molar-refractivity contribution in [1.82, 2.24) is 0 Å². The summed E-state index contributed by atoms with van der Waals surface area (Å²) >= 11 is 0. The number of esters is 1. The van der Waals surface area contributed by atoms with E-state index in [0.717, 1.165) is 30.6 Å². The van der Waals surface area contributed by atoms with Crippen LogP contribution in [0, 0.1) is 0 Å². The first-order valence-corrected chi connectivity index (χ1v) is 8.57. The molecule has 0 aliphatic carbocycles. The predicted molar refractivity (Wildman–Crippen MR) is 90.7 cm³/mol. The first-order valence-electron chi connectivity index (χ1n) is 8.57. The SMILES string of the molecule is O=C(OCC1CCCO1)C1Oc2ccccc2Cc2ccccc2O1. The zero-order valence-electron chi connectivity index (χ0n) is 13.9. The first-order chi connectivity index (χ1) is 12.3. The lowest BCUT2D eigenvalue weighted by molar-refractivity contribution is -0.168. The molecule has 5 nitrogen and oxygen atoms in total. The van der Waals surface area contributed by atoms with Gasteiger partial charge in [0, 0.05) is 13.0 Å². The Bertz CT molecular complexity index is 704. The van der Waals surface area contributed by atoms with Crippen molar-refractivity contribution in [3.05, 3.63) is 59.7 Å². The minimum Gasteiger partial charge on any atom is -0.457 e. The number of carbonyl (C=O) groups is 1. The van der Waals surface area contributed by atoms with Crippen LogP contribution in [0.2, 0.25) is 0 Å². The van der Waals surface area contributed by atoms with Crippen molar-refractivity contribution >= 4 is 5.97 Å². The zero-order valence-corrected chi connectivity index (χ0v) is 13.9. The second kappa shape index (κ2) is 7.15. The summed E-state index contributed by atoms with van der Waals surface area (Å²) in [6.45, 7) is 0.949. The second-order valence-corrected chi connectivity index (χ2v) is 6.22. The highest BCUT2D eigenvalue weighted by molar-refractivity contribution is 5.74. The molecule has 2 aliphatic rings. The van der Waals surface area contributed by atoms with Crippen LogP contribution in [-0.4, -0.2) is 31.6 Å². The lowest BCUT2D eigenvalue weighted by Gasteiger charge is -2.25. The Kier molecular flexibility index (Phi) is 4.57. The molecule has 2 aromatic carbocycles. The molecule has 2 heterocycles. The summed E-state index contributed by atoms with van der Waals surface area (Å²) in [5, 5.41) is 0. The van der Waals surface area contributed by atoms with Gasteiger partial charge in [0.2, 0.25) is 0 Å². The highest BCUT2D eigenvalue weighted by Gasteiger charge is 2.29. The Morgan fingerprint density at radius 1 is 1.00 bits per heavy atom. The molecular weight excluding hydrogens is 320 g/mol. The molecule has 1 fully saturated rings. The standard InChI is InChI=1S/C20H20O5/c21-19(23-13-16-8-5-11-22-16)20-24-17-9-3-1-6-14(17)12-15-7-2-4-10-18(15)25-20/h1-4,6-7,9-10,16,20H,5,8,11-13H2. The van der Waals surface area contributed by atoms with Gasteiger partial charge >= 0.3 is 12.3 Å². The summed E-state index contributed by atoms with van der Waals surface area (Å²) < 4.78 is 22.5. The van der Waals surface area contributed by atoms with Crippen LogP contribution >= 0.6 is 0 Å². The molecule has 1 unspecified atom stereocenters. The minimum absolute atomic E-state index is 0.0305. The van der Waals surface area contributed by atoms with Crippen molar-refractivity contribution in [3.8, 4) is 11.5 Å². The highest BCUT2D eigenvalue weighted by atomic mass is 16.7. The highest BCUT2D eigenvalue weighted by Crippen LogP contribution is 2.31. The molecule has 0 saturated carbocycles. The fraction of sp³-hybridized carbons (Fsp3) is 0.350. The topological polar surface area (TPSA) is 54.0 Å². The van der Waals surface area contributed by atoms with Gasteiger partial charge in [-0.15, -0.1) is 0 Å². The van der Waals surface area contributed by atoms with Crippen LogP contribution in [0.15, 0.2) is 48.5 Å². The number of hydrogen-bond donors (Lipinski definition) is 0. The second-order valence-electron chi connectivity index (χ2n) is 6.22. The third kappa shape index (κ3) is 3.61. The molecule has 0 aromatic heterocycles. The number of rotatable bonds is 3. The van der Waals surface area contributed by atoms with Gasteiger partial charge < -0.3 is 18.9 Å². The number of hydrogen-bond acceptors (Lipinski definition) is 5. The Balaban J connectivity index is 1.56. The van der Waals surface area contributed by atoms with Crippen LogP contribution in [0.3, 0.4) is 0 Å². The van der Waals surface area contributed by atoms with E-state index in [4.69, 9.17) is 18.9 Å². The molecule has 0 amide bonds. The molecule has 0 bridgehead atoms. The van der Waals surface area contributed by atoms with Gasteiger partial charge in [-0.1, -0.05) is 36.4 Å². The number of benzene rings is 2. The summed E-state index contributed by atoms with van der Waals surface area (Å²) in [4.78, 5) is 12.5. The van der Waals surface area contributed by atoms with E-state index in [1.807, 2.05) is 48.5 Å². The van der Waals surface area contributed by atoms with E-state index in [9.17, 15) is 4.79 Å². The Morgan fingerprint density at radius 3 is 2.24 bits per heavy atom. The molecular formula is C20H20O5. The summed E-state index contributed by atoms with van der Waals surface area (Å²) in [5.74, 6) is 0.731. The van der Waals surface area contributed by atoms with Crippen LogP contribution in [0.1, 0.15) is 24.0 Å². The largest absolute Gasteiger partial charge is 0.457 e. The van der Waals surface area contributed by atoms with Gasteiger partial charge in [0.15, 0.2) is 0 Å². The number of ether oxygens (including phenoxy) is 4. The Labute approximate surface area is 146 Å². The van der Waals surface area contributed by atoms with E-state index in [1.165, 1.54) is 0 Å². The van der Waals surface area contributed by atoms with E-state index >= 15 is 0 Å². The van der Waals surface area contributed by atoms with Crippen LogP contribution < -0.4 is 9.47 Å². The van der Waals surface area contributed by atoms with E-state index in [2.05, 4.69) is 0 Å². The quantitative estimate of drug-likeness (QED) is 0.804. The third-order valence-corrected chi connectivity index (χ3v) is 4.42. The fourth-order valence-corrected chi connectivity index (χ4v) is 3.10. The molecule has 1 saturated heterocycles.